The fourth-order valence-corrected chi connectivity index (χ4v) is 2.47. The van der Waals surface area contributed by atoms with Crippen molar-refractivity contribution in [3.63, 3.8) is 0 Å². The van der Waals surface area contributed by atoms with Gasteiger partial charge in [0.25, 0.3) is 11.5 Å². The van der Waals surface area contributed by atoms with Crippen molar-refractivity contribution >= 4 is 5.91 Å². The number of rotatable bonds is 3. The first-order valence-electron chi connectivity index (χ1n) is 7.28. The topological polar surface area (TPSA) is 121 Å². The second-order valence-corrected chi connectivity index (χ2v) is 5.30. The van der Waals surface area contributed by atoms with Crippen molar-refractivity contribution in [2.75, 3.05) is 13.1 Å². The van der Waals surface area contributed by atoms with Crippen LogP contribution >= 0.6 is 0 Å². The standard InChI is InChI=1S/C14H14FN5O4/c15-8-4-17-14(18-5-8)24-9-2-1-3-20(7-9)12(22)10-6-16-13(23)19-11(10)21/h4-6,9H,1-3,7H2,(H2,16,19,21,23). The highest BCUT2D eigenvalue weighted by Crippen LogP contribution is 2.16. The lowest BCUT2D eigenvalue weighted by Gasteiger charge is -2.32. The van der Waals surface area contributed by atoms with E-state index in [-0.39, 0.29) is 24.2 Å². The number of nitrogens with one attached hydrogen (secondary N) is 2. The van der Waals surface area contributed by atoms with E-state index in [2.05, 4.69) is 15.0 Å². The van der Waals surface area contributed by atoms with Crippen LogP contribution in [0, 0.1) is 5.82 Å². The Balaban J connectivity index is 1.70. The predicted octanol–water partition coefficient (Wildman–Crippen LogP) is -0.324. The maximum Gasteiger partial charge on any atom is 0.325 e. The summed E-state index contributed by atoms with van der Waals surface area (Å²) in [4.78, 5) is 48.3. The van der Waals surface area contributed by atoms with Gasteiger partial charge in [0.15, 0.2) is 5.82 Å². The minimum Gasteiger partial charge on any atom is -0.458 e. The summed E-state index contributed by atoms with van der Waals surface area (Å²) in [5, 5.41) is 0. The Morgan fingerprint density at radius 2 is 2.08 bits per heavy atom. The van der Waals surface area contributed by atoms with Gasteiger partial charge in [0, 0.05) is 12.7 Å². The Bertz CT molecular complexity index is 847. The number of amides is 1. The molecule has 0 aromatic carbocycles. The zero-order chi connectivity index (χ0) is 17.1. The number of aromatic nitrogens is 4. The highest BCUT2D eigenvalue weighted by Gasteiger charge is 2.27. The first kappa shape index (κ1) is 15.8. The van der Waals surface area contributed by atoms with Crippen LogP contribution in [-0.2, 0) is 0 Å². The molecule has 0 spiro atoms. The SMILES string of the molecule is O=C(c1c[nH]c(=O)[nH]c1=O)N1CCCC(Oc2ncc(F)cn2)C1. The van der Waals surface area contributed by atoms with Crippen LogP contribution < -0.4 is 16.0 Å². The molecule has 0 radical (unpaired) electrons. The van der Waals surface area contributed by atoms with Gasteiger partial charge in [0.1, 0.15) is 11.7 Å². The summed E-state index contributed by atoms with van der Waals surface area (Å²) >= 11 is 0. The van der Waals surface area contributed by atoms with Gasteiger partial charge in [-0.05, 0) is 12.8 Å². The molecule has 1 fully saturated rings. The van der Waals surface area contributed by atoms with Crippen molar-refractivity contribution in [3.05, 3.63) is 50.8 Å². The van der Waals surface area contributed by atoms with Crippen LogP contribution in [0.4, 0.5) is 4.39 Å². The zero-order valence-electron chi connectivity index (χ0n) is 12.5. The molecule has 2 aromatic heterocycles. The lowest BCUT2D eigenvalue weighted by molar-refractivity contribution is 0.0513. The van der Waals surface area contributed by atoms with E-state index < -0.39 is 23.0 Å². The van der Waals surface area contributed by atoms with E-state index in [0.717, 1.165) is 18.6 Å². The molecule has 1 atom stereocenters. The van der Waals surface area contributed by atoms with Crippen molar-refractivity contribution in [3.8, 4) is 6.01 Å². The second kappa shape index (κ2) is 6.60. The molecular formula is C14H14FN5O4. The maximum absolute atomic E-state index is 12.8. The summed E-state index contributed by atoms with van der Waals surface area (Å²) in [6, 6.07) is 0.0255. The molecule has 0 saturated carbocycles. The number of nitrogens with zero attached hydrogens (tertiary/aromatic N) is 3. The van der Waals surface area contributed by atoms with Gasteiger partial charge in [0.2, 0.25) is 0 Å². The molecule has 9 nitrogen and oxygen atoms in total. The quantitative estimate of drug-likeness (QED) is 0.793. The monoisotopic (exact) mass is 335 g/mol. The number of halogens is 1. The van der Waals surface area contributed by atoms with Gasteiger partial charge >= 0.3 is 11.7 Å². The molecular weight excluding hydrogens is 321 g/mol. The Labute approximate surface area is 134 Å². The minimum absolute atomic E-state index is 0.0255. The first-order valence-corrected chi connectivity index (χ1v) is 7.28. The number of aromatic amines is 2. The van der Waals surface area contributed by atoms with Crippen LogP contribution in [0.2, 0.25) is 0 Å². The third-order valence-electron chi connectivity index (χ3n) is 3.58. The van der Waals surface area contributed by atoms with Gasteiger partial charge in [-0.3, -0.25) is 14.6 Å². The molecule has 2 aromatic rings. The lowest BCUT2D eigenvalue weighted by Crippen LogP contribution is -2.46. The van der Waals surface area contributed by atoms with Crippen molar-refractivity contribution in [2.45, 2.75) is 18.9 Å². The maximum atomic E-state index is 12.8. The number of carbonyl (C=O) groups excluding carboxylic acids is 1. The van der Waals surface area contributed by atoms with Crippen molar-refractivity contribution in [1.82, 2.24) is 24.8 Å². The fraction of sp³-hybridized carbons (Fsp3) is 0.357. The molecule has 0 bridgehead atoms. The lowest BCUT2D eigenvalue weighted by atomic mass is 10.1. The average molecular weight is 335 g/mol. The molecule has 24 heavy (non-hydrogen) atoms. The Morgan fingerprint density at radius 3 is 2.79 bits per heavy atom. The summed E-state index contributed by atoms with van der Waals surface area (Å²) in [5.74, 6) is -1.07. The normalized spacial score (nSPS) is 17.5. The number of piperidine rings is 1. The zero-order valence-corrected chi connectivity index (χ0v) is 12.5. The van der Waals surface area contributed by atoms with E-state index in [0.29, 0.717) is 19.4 Å². The molecule has 1 aliphatic rings. The Morgan fingerprint density at radius 1 is 1.33 bits per heavy atom. The highest BCUT2D eigenvalue weighted by molar-refractivity contribution is 5.93. The van der Waals surface area contributed by atoms with E-state index in [9.17, 15) is 18.8 Å². The summed E-state index contributed by atoms with van der Waals surface area (Å²) < 4.78 is 18.3. The molecule has 2 N–H and O–H groups in total. The molecule has 1 aliphatic heterocycles. The molecule has 1 unspecified atom stereocenters. The third-order valence-corrected chi connectivity index (χ3v) is 3.58. The smallest absolute Gasteiger partial charge is 0.325 e. The van der Waals surface area contributed by atoms with Crippen LogP contribution in [0.5, 0.6) is 6.01 Å². The molecule has 10 heteroatoms. The summed E-state index contributed by atoms with van der Waals surface area (Å²) in [7, 11) is 0. The largest absolute Gasteiger partial charge is 0.458 e. The summed E-state index contributed by atoms with van der Waals surface area (Å²) in [6.45, 7) is 0.694. The van der Waals surface area contributed by atoms with Crippen molar-refractivity contribution < 1.29 is 13.9 Å². The fourth-order valence-electron chi connectivity index (χ4n) is 2.47. The molecule has 1 amide bonds. The van der Waals surface area contributed by atoms with Crippen LogP contribution in [0.15, 0.2) is 28.2 Å². The van der Waals surface area contributed by atoms with Crippen LogP contribution in [0.3, 0.4) is 0 Å². The van der Waals surface area contributed by atoms with Crippen molar-refractivity contribution in [2.24, 2.45) is 0 Å². The van der Waals surface area contributed by atoms with Gasteiger partial charge in [-0.1, -0.05) is 0 Å². The van der Waals surface area contributed by atoms with E-state index >= 15 is 0 Å². The number of hydrogen-bond acceptors (Lipinski definition) is 6. The number of hydrogen-bond donors (Lipinski definition) is 2. The van der Waals surface area contributed by atoms with Crippen LogP contribution in [0.25, 0.3) is 0 Å². The number of H-pyrrole nitrogens is 2. The molecule has 3 rings (SSSR count). The number of carbonyl (C=O) groups is 1. The molecule has 126 valence electrons. The van der Waals surface area contributed by atoms with E-state index in [4.69, 9.17) is 4.74 Å². The van der Waals surface area contributed by atoms with E-state index in [1.165, 1.54) is 4.90 Å². The average Bonchev–Trinajstić information content (AvgIpc) is 2.57. The second-order valence-electron chi connectivity index (χ2n) is 5.30. The first-order chi connectivity index (χ1) is 11.5. The predicted molar refractivity (Wildman–Crippen MR) is 79.2 cm³/mol. The minimum atomic E-state index is -0.742. The van der Waals surface area contributed by atoms with Gasteiger partial charge in [-0.2, -0.15) is 0 Å². The number of likely N-dealkylation sites (tertiary alicyclic amines) is 1. The highest BCUT2D eigenvalue weighted by atomic mass is 19.1. The van der Waals surface area contributed by atoms with Crippen molar-refractivity contribution in [1.29, 1.82) is 0 Å². The van der Waals surface area contributed by atoms with E-state index in [1.807, 2.05) is 4.98 Å². The summed E-state index contributed by atoms with van der Waals surface area (Å²) in [5.41, 5.74) is -1.56. The number of ether oxygens (including phenoxy) is 1. The molecule has 0 aliphatic carbocycles. The van der Waals surface area contributed by atoms with Gasteiger partial charge in [0.05, 0.1) is 18.9 Å². The van der Waals surface area contributed by atoms with Gasteiger partial charge < -0.3 is 14.6 Å². The Kier molecular flexibility index (Phi) is 4.36. The van der Waals surface area contributed by atoms with Crippen LogP contribution in [0.1, 0.15) is 23.2 Å². The van der Waals surface area contributed by atoms with Gasteiger partial charge in [-0.15, -0.1) is 0 Å². The van der Waals surface area contributed by atoms with E-state index in [1.54, 1.807) is 0 Å². The summed E-state index contributed by atoms with van der Waals surface area (Å²) in [6.07, 6.45) is 4.06. The third kappa shape index (κ3) is 3.47. The van der Waals surface area contributed by atoms with Gasteiger partial charge in [-0.25, -0.2) is 19.2 Å². The Hall–Kier alpha value is -3.04. The molecule has 1 saturated heterocycles. The molecule has 3 heterocycles. The van der Waals surface area contributed by atoms with Crippen LogP contribution in [-0.4, -0.2) is 49.9 Å².